The minimum absolute atomic E-state index is 0.993. The maximum Gasteiger partial charge on any atom is -0.0117 e. The summed E-state index contributed by atoms with van der Waals surface area (Å²) < 4.78 is 0. The molecule has 0 aliphatic carbocycles. The zero-order chi connectivity index (χ0) is 11.4. The normalized spacial score (nSPS) is 9.75. The van der Waals surface area contributed by atoms with Gasteiger partial charge in [-0.25, -0.2) is 0 Å². The van der Waals surface area contributed by atoms with Gasteiger partial charge < -0.3 is 0 Å². The first-order chi connectivity index (χ1) is 7.77. The first-order valence-electron chi connectivity index (χ1n) is 5.27. The highest BCUT2D eigenvalue weighted by atomic mass is 13.9. The van der Waals surface area contributed by atoms with Crippen molar-refractivity contribution in [1.29, 1.82) is 0 Å². The molecule has 0 saturated heterocycles. The molecule has 0 aliphatic rings. The molecule has 0 aliphatic heterocycles. The Morgan fingerprint density at radius 1 is 0.625 bits per heavy atom. The molecule has 0 aromatic heterocycles. The third kappa shape index (κ3) is 2.29. The highest BCUT2D eigenvalue weighted by molar-refractivity contribution is 5.81. The van der Waals surface area contributed by atoms with Gasteiger partial charge in [0.25, 0.3) is 0 Å². The number of rotatable bonds is 0. The third-order valence-electron chi connectivity index (χ3n) is 2.50. The summed E-state index contributed by atoms with van der Waals surface area (Å²) in [6.07, 6.45) is 0. The number of hydrogen-bond donors (Lipinski definition) is 0. The van der Waals surface area contributed by atoms with E-state index < -0.39 is 0 Å². The summed E-state index contributed by atoms with van der Waals surface area (Å²) in [5.41, 5.74) is 0. The van der Waals surface area contributed by atoms with Gasteiger partial charge in [-0.15, -0.1) is 0 Å². The lowest BCUT2D eigenvalue weighted by molar-refractivity contribution is 1.65. The highest BCUT2D eigenvalue weighted by Crippen LogP contribution is 2.04. The number of hydrogen-bond acceptors (Lipinski definition) is 0. The van der Waals surface area contributed by atoms with Crippen molar-refractivity contribution in [3.8, 4) is 0 Å². The monoisotopic (exact) mass is 206 g/mol. The average molecular weight is 206 g/mol. The Morgan fingerprint density at radius 2 is 1.31 bits per heavy atom. The molecular formula is C16H14. The van der Waals surface area contributed by atoms with Gasteiger partial charge in [-0.2, -0.15) is 0 Å². The van der Waals surface area contributed by atoms with Gasteiger partial charge in [-0.3, -0.25) is 0 Å². The van der Waals surface area contributed by atoms with E-state index in [0.29, 0.717) is 0 Å². The van der Waals surface area contributed by atoms with E-state index in [0.717, 1.165) is 15.8 Å². The molecule has 2 aromatic rings. The van der Waals surface area contributed by atoms with E-state index in [1.807, 2.05) is 42.5 Å². The zero-order valence-electron chi connectivity index (χ0n) is 9.19. The van der Waals surface area contributed by atoms with Crippen LogP contribution in [-0.4, -0.2) is 0 Å². The summed E-state index contributed by atoms with van der Waals surface area (Å²) >= 11 is 0. The molecule has 16 heavy (non-hydrogen) atoms. The standard InChI is InChI=1S/C16H14/c1-13-7-3-4-8-14(2)16-10-6-5-9-15(16)12-11-13/h3-12H,1-2H2. The van der Waals surface area contributed by atoms with Gasteiger partial charge >= 0.3 is 0 Å². The van der Waals surface area contributed by atoms with Gasteiger partial charge in [0.1, 0.15) is 0 Å². The van der Waals surface area contributed by atoms with Crippen LogP contribution in [0.25, 0.3) is 23.9 Å². The lowest BCUT2D eigenvalue weighted by atomic mass is 10.1. The lowest BCUT2D eigenvalue weighted by Crippen LogP contribution is -1.95. The molecule has 0 radical (unpaired) electrons. The summed E-state index contributed by atoms with van der Waals surface area (Å²) in [4.78, 5) is 0. The molecule has 0 unspecified atom stereocenters. The van der Waals surface area contributed by atoms with Crippen molar-refractivity contribution in [3.63, 3.8) is 0 Å². The van der Waals surface area contributed by atoms with E-state index in [-0.39, 0.29) is 0 Å². The Labute approximate surface area is 95.5 Å². The fraction of sp³-hybridized carbons (Fsp3) is 0. The molecule has 2 rings (SSSR count). The molecule has 0 amide bonds. The lowest BCUT2D eigenvalue weighted by Gasteiger charge is -1.92. The summed E-state index contributed by atoms with van der Waals surface area (Å²) in [6.45, 7) is 8.02. The van der Waals surface area contributed by atoms with Gasteiger partial charge in [0, 0.05) is 0 Å². The summed E-state index contributed by atoms with van der Waals surface area (Å²) in [5.74, 6) is 0. The van der Waals surface area contributed by atoms with Crippen LogP contribution in [0.2, 0.25) is 0 Å². The van der Waals surface area contributed by atoms with Gasteiger partial charge in [-0.05, 0) is 21.2 Å². The van der Waals surface area contributed by atoms with Gasteiger partial charge in [0.05, 0.1) is 0 Å². The van der Waals surface area contributed by atoms with Crippen LogP contribution in [0.1, 0.15) is 0 Å². The third-order valence-corrected chi connectivity index (χ3v) is 2.50. The zero-order valence-corrected chi connectivity index (χ0v) is 9.19. The molecule has 2 aromatic carbocycles. The SMILES string of the molecule is C=c1ccccc(=C)c2ccccc2cc1. The fourth-order valence-corrected chi connectivity index (χ4v) is 1.63. The quantitative estimate of drug-likeness (QED) is 0.622. The second-order valence-corrected chi connectivity index (χ2v) is 3.74. The molecule has 78 valence electrons. The Hall–Kier alpha value is -2.08. The maximum absolute atomic E-state index is 4.07. The first-order valence-corrected chi connectivity index (χ1v) is 5.27. The number of benzene rings is 1. The van der Waals surface area contributed by atoms with Gasteiger partial charge in [-0.1, -0.05) is 73.8 Å². The van der Waals surface area contributed by atoms with Crippen molar-refractivity contribution < 1.29 is 0 Å². The number of fused-ring (bicyclic) bond motifs is 1. The van der Waals surface area contributed by atoms with Crippen LogP contribution in [-0.2, 0) is 0 Å². The molecule has 0 heteroatoms. The topological polar surface area (TPSA) is 0 Å². The first kappa shape index (κ1) is 10.4. The van der Waals surface area contributed by atoms with Gasteiger partial charge in [0.15, 0.2) is 0 Å². The molecule has 0 N–H and O–H groups in total. The van der Waals surface area contributed by atoms with E-state index in [2.05, 4.69) is 31.4 Å². The average Bonchev–Trinajstić information content (AvgIpc) is 2.31. The minimum atomic E-state index is 0.993. The van der Waals surface area contributed by atoms with Crippen molar-refractivity contribution in [2.45, 2.75) is 0 Å². The van der Waals surface area contributed by atoms with E-state index in [1.165, 1.54) is 5.39 Å². The Morgan fingerprint density at radius 3 is 2.19 bits per heavy atom. The molecule has 0 nitrogen and oxygen atoms in total. The summed E-state index contributed by atoms with van der Waals surface area (Å²) in [5, 5.41) is 4.36. The van der Waals surface area contributed by atoms with Crippen LogP contribution in [0.4, 0.5) is 0 Å². The predicted molar refractivity (Wildman–Crippen MR) is 71.9 cm³/mol. The van der Waals surface area contributed by atoms with E-state index in [1.54, 1.807) is 0 Å². The highest BCUT2D eigenvalue weighted by Gasteiger charge is 1.86. The van der Waals surface area contributed by atoms with Crippen LogP contribution >= 0.6 is 0 Å². The van der Waals surface area contributed by atoms with Crippen LogP contribution in [0.15, 0.2) is 60.7 Å². The maximum atomic E-state index is 4.07. The van der Waals surface area contributed by atoms with Crippen molar-refractivity contribution in [1.82, 2.24) is 0 Å². The molecule has 0 bridgehead atoms. The van der Waals surface area contributed by atoms with E-state index >= 15 is 0 Å². The minimum Gasteiger partial charge on any atom is -0.0918 e. The molecule has 0 fully saturated rings. The summed E-state index contributed by atoms with van der Waals surface area (Å²) in [7, 11) is 0. The van der Waals surface area contributed by atoms with Crippen LogP contribution in [0, 0.1) is 0 Å². The molecular weight excluding hydrogens is 192 g/mol. The molecule has 0 spiro atoms. The Balaban J connectivity index is 2.98. The van der Waals surface area contributed by atoms with Crippen molar-refractivity contribution >= 4 is 23.9 Å². The summed E-state index contributed by atoms with van der Waals surface area (Å²) in [6, 6.07) is 20.3. The fourth-order valence-electron chi connectivity index (χ4n) is 1.63. The predicted octanol–water partition coefficient (Wildman–Crippen LogP) is 2.78. The second kappa shape index (κ2) is 4.63. The molecule has 0 heterocycles. The molecule has 0 saturated carbocycles. The van der Waals surface area contributed by atoms with E-state index in [9.17, 15) is 0 Å². The largest absolute Gasteiger partial charge is 0.0918 e. The van der Waals surface area contributed by atoms with Crippen LogP contribution in [0.3, 0.4) is 0 Å². The van der Waals surface area contributed by atoms with Crippen LogP contribution in [0.5, 0.6) is 0 Å². The van der Waals surface area contributed by atoms with E-state index in [4.69, 9.17) is 0 Å². The second-order valence-electron chi connectivity index (χ2n) is 3.74. The smallest absolute Gasteiger partial charge is 0.0117 e. The molecule has 0 atom stereocenters. The van der Waals surface area contributed by atoms with Crippen LogP contribution < -0.4 is 10.4 Å². The van der Waals surface area contributed by atoms with Crippen molar-refractivity contribution in [2.24, 2.45) is 0 Å². The Kier molecular flexibility index (Phi) is 3.02. The van der Waals surface area contributed by atoms with Crippen molar-refractivity contribution in [2.75, 3.05) is 0 Å². The van der Waals surface area contributed by atoms with Crippen molar-refractivity contribution in [3.05, 3.63) is 71.1 Å². The van der Waals surface area contributed by atoms with Gasteiger partial charge in [0.2, 0.25) is 0 Å². The Bertz CT molecular complexity index is 652.